The maximum Gasteiger partial charge on any atom is 0.112 e. The summed E-state index contributed by atoms with van der Waals surface area (Å²) in [6.07, 6.45) is 6.60. The second-order valence-corrected chi connectivity index (χ2v) is 6.83. The van der Waals surface area contributed by atoms with Crippen LogP contribution in [-0.2, 0) is 0 Å². The van der Waals surface area contributed by atoms with Crippen LogP contribution in [-0.4, -0.2) is 9.55 Å². The lowest BCUT2D eigenvalue weighted by molar-refractivity contribution is 0.268. The Morgan fingerprint density at radius 2 is 1.95 bits per heavy atom. The van der Waals surface area contributed by atoms with E-state index < -0.39 is 0 Å². The molecule has 114 valence electrons. The molecule has 0 atom stereocenters. The fourth-order valence-electron chi connectivity index (χ4n) is 3.74. The number of nitrogen functional groups attached to an aromatic ring is 1. The normalized spacial score (nSPS) is 23.0. The van der Waals surface area contributed by atoms with Gasteiger partial charge in [-0.15, -0.1) is 0 Å². The van der Waals surface area contributed by atoms with Gasteiger partial charge < -0.3 is 10.3 Å². The van der Waals surface area contributed by atoms with E-state index in [-0.39, 0.29) is 0 Å². The molecule has 0 radical (unpaired) electrons. The molecule has 0 unspecified atom stereocenters. The predicted octanol–water partition coefficient (Wildman–Crippen LogP) is 4.88. The van der Waals surface area contributed by atoms with Gasteiger partial charge in [0.2, 0.25) is 0 Å². The van der Waals surface area contributed by atoms with Gasteiger partial charge in [-0.1, -0.05) is 27.2 Å². The summed E-state index contributed by atoms with van der Waals surface area (Å²) in [7, 11) is 0. The summed E-state index contributed by atoms with van der Waals surface area (Å²) in [4.78, 5) is 4.87. The highest BCUT2D eigenvalue weighted by molar-refractivity contribution is 5.80. The first kappa shape index (κ1) is 14.4. The van der Waals surface area contributed by atoms with Crippen LogP contribution in [0.25, 0.3) is 11.0 Å². The molecule has 0 saturated heterocycles. The van der Waals surface area contributed by atoms with Crippen LogP contribution < -0.4 is 5.73 Å². The Hall–Kier alpha value is -1.51. The van der Waals surface area contributed by atoms with Crippen LogP contribution >= 0.6 is 0 Å². The quantitative estimate of drug-likeness (QED) is 0.816. The molecule has 0 spiro atoms. The van der Waals surface area contributed by atoms with E-state index in [0.717, 1.165) is 17.1 Å². The molecule has 0 aliphatic heterocycles. The minimum atomic E-state index is 0.447. The molecule has 1 heterocycles. The summed E-state index contributed by atoms with van der Waals surface area (Å²) < 4.78 is 2.51. The highest BCUT2D eigenvalue weighted by Crippen LogP contribution is 2.37. The Balaban J connectivity index is 2.02. The molecule has 3 nitrogen and oxygen atoms in total. The van der Waals surface area contributed by atoms with Crippen molar-refractivity contribution in [2.75, 3.05) is 5.73 Å². The highest BCUT2D eigenvalue weighted by Gasteiger charge is 2.25. The molecule has 3 rings (SSSR count). The standard InChI is InChI=1S/C18H27N3/c1-4-13-5-8-15(9-6-13)21-17-10-7-14(19)11-16(17)20-18(21)12(2)3/h7,10-13,15H,4-6,8-9,19H2,1-3H3. The van der Waals surface area contributed by atoms with Crippen LogP contribution in [0, 0.1) is 5.92 Å². The maximum absolute atomic E-state index is 5.92. The van der Waals surface area contributed by atoms with Crippen molar-refractivity contribution >= 4 is 16.7 Å². The van der Waals surface area contributed by atoms with Crippen LogP contribution in [0.1, 0.15) is 70.7 Å². The van der Waals surface area contributed by atoms with Gasteiger partial charge in [0.25, 0.3) is 0 Å². The summed E-state index contributed by atoms with van der Waals surface area (Å²) in [6.45, 7) is 6.79. The van der Waals surface area contributed by atoms with Crippen molar-refractivity contribution in [3.05, 3.63) is 24.0 Å². The highest BCUT2D eigenvalue weighted by atomic mass is 15.1. The van der Waals surface area contributed by atoms with Crippen molar-refractivity contribution in [2.45, 2.75) is 64.8 Å². The molecule has 2 aromatic rings. The molecule has 1 aromatic carbocycles. The number of nitrogens with zero attached hydrogens (tertiary/aromatic N) is 2. The third kappa shape index (κ3) is 2.66. The number of benzene rings is 1. The number of fused-ring (bicyclic) bond motifs is 1. The van der Waals surface area contributed by atoms with Crippen LogP contribution in [0.3, 0.4) is 0 Å². The van der Waals surface area contributed by atoms with Crippen LogP contribution in [0.4, 0.5) is 5.69 Å². The molecular formula is C18H27N3. The van der Waals surface area contributed by atoms with E-state index in [1.54, 1.807) is 0 Å². The maximum atomic E-state index is 5.92. The molecule has 1 fully saturated rings. The van der Waals surface area contributed by atoms with Crippen molar-refractivity contribution in [3.63, 3.8) is 0 Å². The number of anilines is 1. The molecule has 1 saturated carbocycles. The van der Waals surface area contributed by atoms with Crippen molar-refractivity contribution in [1.82, 2.24) is 9.55 Å². The molecule has 1 aliphatic carbocycles. The van der Waals surface area contributed by atoms with E-state index in [1.807, 2.05) is 12.1 Å². The topological polar surface area (TPSA) is 43.8 Å². The molecule has 3 heteroatoms. The van der Waals surface area contributed by atoms with E-state index in [9.17, 15) is 0 Å². The third-order valence-electron chi connectivity index (χ3n) is 5.02. The number of hydrogen-bond acceptors (Lipinski definition) is 2. The average Bonchev–Trinajstić information content (AvgIpc) is 2.86. The predicted molar refractivity (Wildman–Crippen MR) is 89.5 cm³/mol. The molecule has 21 heavy (non-hydrogen) atoms. The van der Waals surface area contributed by atoms with Crippen molar-refractivity contribution in [1.29, 1.82) is 0 Å². The summed E-state index contributed by atoms with van der Waals surface area (Å²) in [5, 5.41) is 0. The number of hydrogen-bond donors (Lipinski definition) is 1. The Labute approximate surface area is 127 Å². The van der Waals surface area contributed by atoms with Gasteiger partial charge in [-0.05, 0) is 49.8 Å². The van der Waals surface area contributed by atoms with Gasteiger partial charge in [0.05, 0.1) is 11.0 Å². The van der Waals surface area contributed by atoms with Crippen LogP contribution in [0.15, 0.2) is 18.2 Å². The first-order valence-electron chi connectivity index (χ1n) is 8.37. The second-order valence-electron chi connectivity index (χ2n) is 6.83. The van der Waals surface area contributed by atoms with Crippen molar-refractivity contribution < 1.29 is 0 Å². The Bertz CT molecular complexity index is 619. The summed E-state index contributed by atoms with van der Waals surface area (Å²) in [5.41, 5.74) is 9.04. The molecule has 1 aromatic heterocycles. The van der Waals surface area contributed by atoms with E-state index in [0.29, 0.717) is 12.0 Å². The van der Waals surface area contributed by atoms with Gasteiger partial charge in [0.1, 0.15) is 5.82 Å². The second kappa shape index (κ2) is 5.70. The van der Waals surface area contributed by atoms with Crippen molar-refractivity contribution in [2.24, 2.45) is 5.92 Å². The lowest BCUT2D eigenvalue weighted by atomic mass is 9.84. The van der Waals surface area contributed by atoms with Gasteiger partial charge in [0, 0.05) is 17.6 Å². The van der Waals surface area contributed by atoms with Crippen molar-refractivity contribution in [3.8, 4) is 0 Å². The zero-order valence-electron chi connectivity index (χ0n) is 13.5. The summed E-state index contributed by atoms with van der Waals surface area (Å²) in [6, 6.07) is 6.77. The molecule has 2 N–H and O–H groups in total. The molecule has 0 amide bonds. The number of rotatable bonds is 3. The first-order valence-corrected chi connectivity index (χ1v) is 8.37. The number of nitrogens with two attached hydrogens (primary N) is 1. The van der Waals surface area contributed by atoms with Crippen LogP contribution in [0.2, 0.25) is 0 Å². The SMILES string of the molecule is CCC1CCC(n2c(C(C)C)nc3cc(N)ccc32)CC1. The van der Waals surface area contributed by atoms with E-state index in [1.165, 1.54) is 43.4 Å². The van der Waals surface area contributed by atoms with Gasteiger partial charge >= 0.3 is 0 Å². The third-order valence-corrected chi connectivity index (χ3v) is 5.02. The first-order chi connectivity index (χ1) is 10.1. The minimum absolute atomic E-state index is 0.447. The fourth-order valence-corrected chi connectivity index (χ4v) is 3.74. The van der Waals surface area contributed by atoms with Gasteiger partial charge in [0.15, 0.2) is 0 Å². The Morgan fingerprint density at radius 3 is 2.57 bits per heavy atom. The minimum Gasteiger partial charge on any atom is -0.399 e. The van der Waals surface area contributed by atoms with E-state index >= 15 is 0 Å². The lowest BCUT2D eigenvalue weighted by Gasteiger charge is -2.30. The van der Waals surface area contributed by atoms with E-state index in [2.05, 4.69) is 31.4 Å². The summed E-state index contributed by atoms with van der Waals surface area (Å²) >= 11 is 0. The Kier molecular flexibility index (Phi) is 3.92. The largest absolute Gasteiger partial charge is 0.399 e. The monoisotopic (exact) mass is 285 g/mol. The summed E-state index contributed by atoms with van der Waals surface area (Å²) in [5.74, 6) is 2.59. The molecule has 1 aliphatic rings. The number of aromatic nitrogens is 2. The van der Waals surface area contributed by atoms with Gasteiger partial charge in [-0.25, -0.2) is 4.98 Å². The molecular weight excluding hydrogens is 258 g/mol. The number of imidazole rings is 1. The average molecular weight is 285 g/mol. The lowest BCUT2D eigenvalue weighted by Crippen LogP contribution is -2.20. The Morgan fingerprint density at radius 1 is 1.24 bits per heavy atom. The van der Waals surface area contributed by atoms with E-state index in [4.69, 9.17) is 10.7 Å². The zero-order valence-corrected chi connectivity index (χ0v) is 13.5. The van der Waals surface area contributed by atoms with Gasteiger partial charge in [-0.3, -0.25) is 0 Å². The smallest absolute Gasteiger partial charge is 0.112 e. The fraction of sp³-hybridized carbons (Fsp3) is 0.611. The zero-order chi connectivity index (χ0) is 15.0. The van der Waals surface area contributed by atoms with Crippen LogP contribution in [0.5, 0.6) is 0 Å². The van der Waals surface area contributed by atoms with Gasteiger partial charge in [-0.2, -0.15) is 0 Å². The molecule has 0 bridgehead atoms.